The molecule has 0 fully saturated rings. The Kier molecular flexibility index (Phi) is 3.50. The number of aromatic nitrogens is 3. The Morgan fingerprint density at radius 2 is 2.16 bits per heavy atom. The molecule has 2 aromatic heterocycles. The maximum absolute atomic E-state index is 8.88. The van der Waals surface area contributed by atoms with Crippen LogP contribution in [0.2, 0.25) is 0 Å². The number of aryl methyl sites for hydroxylation is 1. The van der Waals surface area contributed by atoms with Gasteiger partial charge in [0.05, 0.1) is 11.3 Å². The van der Waals surface area contributed by atoms with E-state index in [1.54, 1.807) is 10.9 Å². The van der Waals surface area contributed by atoms with Gasteiger partial charge in [0.15, 0.2) is 11.7 Å². The second-order valence-corrected chi connectivity index (χ2v) is 4.65. The first-order chi connectivity index (χ1) is 9.04. The third kappa shape index (κ3) is 2.42. The van der Waals surface area contributed by atoms with Crippen LogP contribution in [-0.2, 0) is 0 Å². The highest BCUT2D eigenvalue weighted by Crippen LogP contribution is 2.18. The highest BCUT2D eigenvalue weighted by molar-refractivity contribution is 6.01. The summed E-state index contributed by atoms with van der Waals surface area (Å²) >= 11 is 0. The van der Waals surface area contributed by atoms with Gasteiger partial charge in [0.2, 0.25) is 0 Å². The molecule has 6 heteroatoms. The SMILES string of the molecule is Cc1ccnc(-n2ccc(C(C)C)n2)c1/C(N)=N/O. The molecule has 0 saturated carbocycles. The minimum Gasteiger partial charge on any atom is -0.409 e. The Morgan fingerprint density at radius 3 is 2.74 bits per heavy atom. The van der Waals surface area contributed by atoms with Crippen LogP contribution < -0.4 is 5.73 Å². The van der Waals surface area contributed by atoms with E-state index in [4.69, 9.17) is 10.9 Å². The van der Waals surface area contributed by atoms with E-state index < -0.39 is 0 Å². The number of pyridine rings is 1. The molecular weight excluding hydrogens is 242 g/mol. The average molecular weight is 259 g/mol. The second-order valence-electron chi connectivity index (χ2n) is 4.65. The Balaban J connectivity index is 2.58. The molecule has 0 amide bonds. The first-order valence-electron chi connectivity index (χ1n) is 6.04. The lowest BCUT2D eigenvalue weighted by Gasteiger charge is -2.10. The zero-order chi connectivity index (χ0) is 14.0. The van der Waals surface area contributed by atoms with E-state index in [0.29, 0.717) is 17.3 Å². The maximum Gasteiger partial charge on any atom is 0.174 e. The first-order valence-corrected chi connectivity index (χ1v) is 6.04. The van der Waals surface area contributed by atoms with Gasteiger partial charge < -0.3 is 10.9 Å². The summed E-state index contributed by atoms with van der Waals surface area (Å²) in [5.41, 5.74) is 8.15. The number of hydrogen-bond acceptors (Lipinski definition) is 4. The van der Waals surface area contributed by atoms with Crippen LogP contribution in [0, 0.1) is 6.92 Å². The molecule has 6 nitrogen and oxygen atoms in total. The molecule has 2 rings (SSSR count). The third-order valence-corrected chi connectivity index (χ3v) is 2.92. The van der Waals surface area contributed by atoms with Crippen molar-refractivity contribution in [2.75, 3.05) is 0 Å². The zero-order valence-electron chi connectivity index (χ0n) is 11.2. The van der Waals surface area contributed by atoms with Crippen molar-refractivity contribution in [3.05, 3.63) is 41.3 Å². The molecule has 0 unspecified atom stereocenters. The van der Waals surface area contributed by atoms with Crippen molar-refractivity contribution in [1.82, 2.24) is 14.8 Å². The smallest absolute Gasteiger partial charge is 0.174 e. The van der Waals surface area contributed by atoms with Crippen LogP contribution in [0.5, 0.6) is 0 Å². The summed E-state index contributed by atoms with van der Waals surface area (Å²) in [5, 5.41) is 16.4. The molecule has 2 heterocycles. The van der Waals surface area contributed by atoms with E-state index >= 15 is 0 Å². The van der Waals surface area contributed by atoms with Crippen molar-refractivity contribution in [2.24, 2.45) is 10.9 Å². The lowest BCUT2D eigenvalue weighted by molar-refractivity contribution is 0.318. The van der Waals surface area contributed by atoms with Crippen LogP contribution in [0.3, 0.4) is 0 Å². The Hall–Kier alpha value is -2.37. The van der Waals surface area contributed by atoms with Gasteiger partial charge in [-0.1, -0.05) is 19.0 Å². The van der Waals surface area contributed by atoms with E-state index in [0.717, 1.165) is 11.3 Å². The monoisotopic (exact) mass is 259 g/mol. The standard InChI is InChI=1S/C13H17N5O/c1-8(2)10-5-7-18(16-10)13-11(12(14)17-19)9(3)4-6-15-13/h4-8,19H,1-3H3,(H2,14,17). The van der Waals surface area contributed by atoms with Gasteiger partial charge in [-0.05, 0) is 30.5 Å². The Morgan fingerprint density at radius 1 is 1.42 bits per heavy atom. The average Bonchev–Trinajstić information content (AvgIpc) is 2.87. The molecule has 0 aromatic carbocycles. The van der Waals surface area contributed by atoms with Gasteiger partial charge in [-0.25, -0.2) is 9.67 Å². The van der Waals surface area contributed by atoms with E-state index in [-0.39, 0.29) is 5.84 Å². The number of nitrogens with two attached hydrogens (primary N) is 1. The van der Waals surface area contributed by atoms with Gasteiger partial charge >= 0.3 is 0 Å². The van der Waals surface area contributed by atoms with Gasteiger partial charge in [0.1, 0.15) is 0 Å². The highest BCUT2D eigenvalue weighted by Gasteiger charge is 2.15. The number of nitrogens with zero attached hydrogens (tertiary/aromatic N) is 4. The van der Waals surface area contributed by atoms with Crippen molar-refractivity contribution in [2.45, 2.75) is 26.7 Å². The molecule has 0 saturated heterocycles. The van der Waals surface area contributed by atoms with E-state index in [2.05, 4.69) is 29.1 Å². The minimum atomic E-state index is 0.0298. The highest BCUT2D eigenvalue weighted by atomic mass is 16.4. The van der Waals surface area contributed by atoms with Crippen molar-refractivity contribution < 1.29 is 5.21 Å². The van der Waals surface area contributed by atoms with Gasteiger partial charge in [-0.3, -0.25) is 0 Å². The lowest BCUT2D eigenvalue weighted by atomic mass is 10.1. The predicted octanol–water partition coefficient (Wildman–Crippen LogP) is 1.79. The van der Waals surface area contributed by atoms with Crippen molar-refractivity contribution in [3.8, 4) is 5.82 Å². The quantitative estimate of drug-likeness (QED) is 0.380. The van der Waals surface area contributed by atoms with Gasteiger partial charge in [-0.2, -0.15) is 5.10 Å². The summed E-state index contributed by atoms with van der Waals surface area (Å²) in [6.45, 7) is 6.02. The van der Waals surface area contributed by atoms with Gasteiger partial charge in [-0.15, -0.1) is 0 Å². The molecule has 0 radical (unpaired) electrons. The summed E-state index contributed by atoms with van der Waals surface area (Å²) in [7, 11) is 0. The lowest BCUT2D eigenvalue weighted by Crippen LogP contribution is -2.19. The predicted molar refractivity (Wildman–Crippen MR) is 72.7 cm³/mol. The van der Waals surface area contributed by atoms with Crippen LogP contribution in [-0.4, -0.2) is 25.8 Å². The largest absolute Gasteiger partial charge is 0.409 e. The first kappa shape index (κ1) is 13.1. The molecule has 3 N–H and O–H groups in total. The van der Waals surface area contributed by atoms with Gasteiger partial charge in [0, 0.05) is 12.4 Å². The molecular formula is C13H17N5O. The number of oxime groups is 1. The molecule has 0 aliphatic carbocycles. The van der Waals surface area contributed by atoms with Crippen molar-refractivity contribution >= 4 is 5.84 Å². The molecule has 100 valence electrons. The summed E-state index contributed by atoms with van der Waals surface area (Å²) in [4.78, 5) is 4.28. The topological polar surface area (TPSA) is 89.3 Å². The number of amidine groups is 1. The van der Waals surface area contributed by atoms with Crippen molar-refractivity contribution in [1.29, 1.82) is 0 Å². The van der Waals surface area contributed by atoms with Crippen LogP contribution in [0.1, 0.15) is 36.6 Å². The second kappa shape index (κ2) is 5.09. The summed E-state index contributed by atoms with van der Waals surface area (Å²) in [6.07, 6.45) is 3.50. The van der Waals surface area contributed by atoms with Gasteiger partial charge in [0.25, 0.3) is 0 Å². The Bertz CT molecular complexity index is 615. The third-order valence-electron chi connectivity index (χ3n) is 2.92. The van der Waals surface area contributed by atoms with Crippen LogP contribution in [0.15, 0.2) is 29.7 Å². The van der Waals surface area contributed by atoms with E-state index in [1.165, 1.54) is 0 Å². The molecule has 0 spiro atoms. The summed E-state index contributed by atoms with van der Waals surface area (Å²) in [6, 6.07) is 3.74. The Labute approximate surface area is 111 Å². The van der Waals surface area contributed by atoms with Crippen molar-refractivity contribution in [3.63, 3.8) is 0 Å². The minimum absolute atomic E-state index is 0.0298. The summed E-state index contributed by atoms with van der Waals surface area (Å²) in [5.74, 6) is 0.919. The number of rotatable bonds is 3. The van der Waals surface area contributed by atoms with E-state index in [1.807, 2.05) is 25.3 Å². The fraction of sp³-hybridized carbons (Fsp3) is 0.308. The molecule has 19 heavy (non-hydrogen) atoms. The zero-order valence-corrected chi connectivity index (χ0v) is 11.2. The molecule has 0 atom stereocenters. The maximum atomic E-state index is 8.88. The fourth-order valence-corrected chi connectivity index (χ4v) is 1.85. The molecule has 2 aromatic rings. The molecule has 0 aliphatic heterocycles. The normalized spacial score (nSPS) is 12.1. The van der Waals surface area contributed by atoms with Crippen LogP contribution >= 0.6 is 0 Å². The number of hydrogen-bond donors (Lipinski definition) is 2. The van der Waals surface area contributed by atoms with E-state index in [9.17, 15) is 0 Å². The molecule has 0 bridgehead atoms. The van der Waals surface area contributed by atoms with Crippen LogP contribution in [0.25, 0.3) is 5.82 Å². The van der Waals surface area contributed by atoms with Crippen LogP contribution in [0.4, 0.5) is 0 Å². The molecule has 0 aliphatic rings. The summed E-state index contributed by atoms with van der Waals surface area (Å²) < 4.78 is 1.65. The fourth-order valence-electron chi connectivity index (χ4n) is 1.85.